The van der Waals surface area contributed by atoms with E-state index in [0.717, 1.165) is 22.4 Å². The van der Waals surface area contributed by atoms with Crippen LogP contribution in [-0.4, -0.2) is 20.7 Å². The number of nitrogens with zero attached hydrogens (tertiary/aromatic N) is 3. The van der Waals surface area contributed by atoms with Gasteiger partial charge in [-0.05, 0) is 50.1 Å². The molecule has 0 aliphatic carbocycles. The van der Waals surface area contributed by atoms with Gasteiger partial charge < -0.3 is 10.6 Å². The zero-order chi connectivity index (χ0) is 19.8. The number of carbonyl (C=O) groups is 1. The molecule has 0 saturated carbocycles. The SMILES string of the molecule is CC1=C(C(=O)Nc2ccc(C)cc2C)[C@@H](c2ccc(F)cc2)n2ncnc2N1. The predicted octanol–water partition coefficient (Wildman–Crippen LogP) is 3.96. The molecular weight excluding hydrogens is 357 g/mol. The number of benzene rings is 2. The van der Waals surface area contributed by atoms with Crippen molar-refractivity contribution in [1.29, 1.82) is 0 Å². The summed E-state index contributed by atoms with van der Waals surface area (Å²) < 4.78 is 15.1. The maximum atomic E-state index is 13.4. The Morgan fingerprint density at radius 3 is 2.61 bits per heavy atom. The molecule has 2 aromatic carbocycles. The third-order valence-corrected chi connectivity index (χ3v) is 4.85. The standard InChI is InChI=1S/C21H20FN5O/c1-12-4-9-17(13(2)10-12)26-20(28)18-14(3)25-21-23-11-24-27(21)19(18)15-5-7-16(22)8-6-15/h4-11,19H,1-3H3,(H,26,28)(H,23,24,25)/t19-/m1/s1. The van der Waals surface area contributed by atoms with Crippen molar-refractivity contribution in [2.45, 2.75) is 26.8 Å². The van der Waals surface area contributed by atoms with Gasteiger partial charge in [-0.1, -0.05) is 29.8 Å². The van der Waals surface area contributed by atoms with Crippen LogP contribution in [0.3, 0.4) is 0 Å². The first-order valence-corrected chi connectivity index (χ1v) is 8.95. The maximum absolute atomic E-state index is 13.4. The van der Waals surface area contributed by atoms with E-state index in [-0.39, 0.29) is 11.7 Å². The number of rotatable bonds is 3. The van der Waals surface area contributed by atoms with Gasteiger partial charge in [0.05, 0.1) is 5.57 Å². The third-order valence-electron chi connectivity index (χ3n) is 4.85. The highest BCUT2D eigenvalue weighted by Gasteiger charge is 2.33. The number of aromatic nitrogens is 3. The van der Waals surface area contributed by atoms with Gasteiger partial charge in [-0.15, -0.1) is 0 Å². The fourth-order valence-electron chi connectivity index (χ4n) is 3.48. The highest BCUT2D eigenvalue weighted by Crippen LogP contribution is 2.35. The van der Waals surface area contributed by atoms with E-state index < -0.39 is 6.04 Å². The Balaban J connectivity index is 1.76. The summed E-state index contributed by atoms with van der Waals surface area (Å²) in [6.07, 6.45) is 1.43. The number of anilines is 2. The number of amides is 1. The number of hydrogen-bond acceptors (Lipinski definition) is 4. The molecule has 6 nitrogen and oxygen atoms in total. The molecule has 0 spiro atoms. The Hall–Kier alpha value is -3.48. The van der Waals surface area contributed by atoms with Gasteiger partial charge in [-0.3, -0.25) is 4.79 Å². The molecule has 7 heteroatoms. The Bertz CT molecular complexity index is 1080. The van der Waals surface area contributed by atoms with E-state index in [2.05, 4.69) is 20.7 Å². The van der Waals surface area contributed by atoms with Crippen LogP contribution < -0.4 is 10.6 Å². The Labute approximate surface area is 162 Å². The summed E-state index contributed by atoms with van der Waals surface area (Å²) in [4.78, 5) is 17.5. The second kappa shape index (κ2) is 6.92. The molecule has 1 atom stereocenters. The summed E-state index contributed by atoms with van der Waals surface area (Å²) in [7, 11) is 0. The van der Waals surface area contributed by atoms with Gasteiger partial charge in [0.2, 0.25) is 5.95 Å². The summed E-state index contributed by atoms with van der Waals surface area (Å²) >= 11 is 0. The maximum Gasteiger partial charge on any atom is 0.255 e. The minimum Gasteiger partial charge on any atom is -0.328 e. The highest BCUT2D eigenvalue weighted by atomic mass is 19.1. The minimum absolute atomic E-state index is 0.243. The van der Waals surface area contributed by atoms with Crippen LogP contribution in [0.25, 0.3) is 0 Å². The molecule has 1 amide bonds. The summed E-state index contributed by atoms with van der Waals surface area (Å²) in [5.74, 6) is -0.0409. The summed E-state index contributed by atoms with van der Waals surface area (Å²) in [5, 5.41) is 10.4. The lowest BCUT2D eigenvalue weighted by Gasteiger charge is -2.29. The van der Waals surface area contributed by atoms with E-state index in [0.29, 0.717) is 17.2 Å². The lowest BCUT2D eigenvalue weighted by molar-refractivity contribution is -0.113. The fourth-order valence-corrected chi connectivity index (χ4v) is 3.48. The number of aryl methyl sites for hydroxylation is 2. The van der Waals surface area contributed by atoms with Gasteiger partial charge in [0.15, 0.2) is 0 Å². The molecule has 142 valence electrons. The van der Waals surface area contributed by atoms with E-state index in [1.165, 1.54) is 18.5 Å². The number of hydrogen-bond donors (Lipinski definition) is 2. The van der Waals surface area contributed by atoms with Crippen LogP contribution in [0, 0.1) is 19.7 Å². The fraction of sp³-hybridized carbons (Fsp3) is 0.190. The van der Waals surface area contributed by atoms with Crippen LogP contribution in [0.1, 0.15) is 29.7 Å². The molecule has 2 heterocycles. The Morgan fingerprint density at radius 1 is 1.14 bits per heavy atom. The molecule has 0 unspecified atom stereocenters. The van der Waals surface area contributed by atoms with E-state index in [1.807, 2.05) is 39.0 Å². The van der Waals surface area contributed by atoms with Crippen LogP contribution in [0.2, 0.25) is 0 Å². The quantitative estimate of drug-likeness (QED) is 0.725. The second-order valence-electron chi connectivity index (χ2n) is 6.92. The van der Waals surface area contributed by atoms with E-state index in [4.69, 9.17) is 0 Å². The highest BCUT2D eigenvalue weighted by molar-refractivity contribution is 6.06. The zero-order valence-electron chi connectivity index (χ0n) is 15.8. The van der Waals surface area contributed by atoms with Crippen LogP contribution in [0.15, 0.2) is 60.1 Å². The largest absolute Gasteiger partial charge is 0.328 e. The Kier molecular flexibility index (Phi) is 4.43. The van der Waals surface area contributed by atoms with Gasteiger partial charge in [0.25, 0.3) is 5.91 Å². The average molecular weight is 377 g/mol. The van der Waals surface area contributed by atoms with Crippen LogP contribution in [-0.2, 0) is 4.79 Å². The molecule has 0 radical (unpaired) electrons. The van der Waals surface area contributed by atoms with Crippen molar-refractivity contribution in [3.05, 3.63) is 82.6 Å². The number of halogens is 1. The van der Waals surface area contributed by atoms with Gasteiger partial charge in [-0.25, -0.2) is 9.07 Å². The lowest BCUT2D eigenvalue weighted by atomic mass is 9.95. The van der Waals surface area contributed by atoms with Crippen molar-refractivity contribution in [3.8, 4) is 0 Å². The van der Waals surface area contributed by atoms with Crippen molar-refractivity contribution in [3.63, 3.8) is 0 Å². The molecular formula is C21H20FN5O. The molecule has 1 aromatic heterocycles. The van der Waals surface area contributed by atoms with Gasteiger partial charge in [0, 0.05) is 11.4 Å². The lowest BCUT2D eigenvalue weighted by Crippen LogP contribution is -2.31. The molecule has 0 fully saturated rings. The molecule has 1 aliphatic heterocycles. The molecule has 0 saturated heterocycles. The van der Waals surface area contributed by atoms with E-state index in [1.54, 1.807) is 16.8 Å². The normalized spacial score (nSPS) is 15.8. The van der Waals surface area contributed by atoms with Gasteiger partial charge in [0.1, 0.15) is 18.2 Å². The van der Waals surface area contributed by atoms with E-state index in [9.17, 15) is 9.18 Å². The Morgan fingerprint density at radius 2 is 1.89 bits per heavy atom. The topological polar surface area (TPSA) is 71.8 Å². The molecule has 28 heavy (non-hydrogen) atoms. The summed E-state index contributed by atoms with van der Waals surface area (Å²) in [6.45, 7) is 5.79. The minimum atomic E-state index is -0.509. The van der Waals surface area contributed by atoms with E-state index >= 15 is 0 Å². The molecule has 2 N–H and O–H groups in total. The smallest absolute Gasteiger partial charge is 0.255 e. The monoisotopic (exact) mass is 377 g/mol. The third kappa shape index (κ3) is 3.15. The molecule has 3 aromatic rings. The molecule has 0 bridgehead atoms. The zero-order valence-corrected chi connectivity index (χ0v) is 15.8. The van der Waals surface area contributed by atoms with Gasteiger partial charge >= 0.3 is 0 Å². The molecule has 4 rings (SSSR count). The number of fused-ring (bicyclic) bond motifs is 1. The summed E-state index contributed by atoms with van der Waals surface area (Å²) in [5.41, 5.74) is 4.79. The first-order valence-electron chi connectivity index (χ1n) is 8.95. The number of nitrogens with one attached hydrogen (secondary N) is 2. The number of carbonyl (C=O) groups excluding carboxylic acids is 1. The van der Waals surface area contributed by atoms with Crippen LogP contribution in [0.4, 0.5) is 16.0 Å². The summed E-state index contributed by atoms with van der Waals surface area (Å²) in [6, 6.07) is 11.4. The first-order chi connectivity index (χ1) is 13.4. The number of allylic oxidation sites excluding steroid dienone is 1. The predicted molar refractivity (Wildman–Crippen MR) is 105 cm³/mol. The van der Waals surface area contributed by atoms with Crippen LogP contribution >= 0.6 is 0 Å². The first kappa shape index (κ1) is 17.9. The second-order valence-corrected chi connectivity index (χ2v) is 6.92. The van der Waals surface area contributed by atoms with Gasteiger partial charge in [-0.2, -0.15) is 10.1 Å². The van der Waals surface area contributed by atoms with Crippen LogP contribution in [0.5, 0.6) is 0 Å². The van der Waals surface area contributed by atoms with Crippen molar-refractivity contribution >= 4 is 17.5 Å². The molecule has 1 aliphatic rings. The average Bonchev–Trinajstić information content (AvgIpc) is 3.11. The van der Waals surface area contributed by atoms with Crippen molar-refractivity contribution in [2.75, 3.05) is 10.6 Å². The van der Waals surface area contributed by atoms with Crippen molar-refractivity contribution in [1.82, 2.24) is 14.8 Å². The van der Waals surface area contributed by atoms with Crippen molar-refractivity contribution in [2.24, 2.45) is 0 Å². The van der Waals surface area contributed by atoms with Crippen molar-refractivity contribution < 1.29 is 9.18 Å².